The van der Waals surface area contributed by atoms with Crippen LogP contribution < -0.4 is 10.6 Å². The van der Waals surface area contributed by atoms with E-state index in [1.54, 1.807) is 24.3 Å². The molecule has 2 amide bonds. The van der Waals surface area contributed by atoms with Crippen LogP contribution in [-0.2, 0) is 20.9 Å². The molecule has 1 aromatic carbocycles. The van der Waals surface area contributed by atoms with Crippen molar-refractivity contribution < 1.29 is 19.1 Å². The smallest absolute Gasteiger partial charge is 0.364 e. The topological polar surface area (TPSA) is 84.5 Å². The number of carbonyl (C=O) groups is 3. The Morgan fingerprint density at radius 1 is 1.28 bits per heavy atom. The Morgan fingerprint density at radius 3 is 2.50 bits per heavy atom. The molecule has 96 valence electrons. The summed E-state index contributed by atoms with van der Waals surface area (Å²) in [6, 6.07) is 6.75. The van der Waals surface area contributed by atoms with Crippen LogP contribution in [0.3, 0.4) is 0 Å². The molecule has 0 heterocycles. The summed E-state index contributed by atoms with van der Waals surface area (Å²) >= 11 is 3.47. The fraction of sp³-hybridized carbons (Fsp3) is 0.182. The van der Waals surface area contributed by atoms with E-state index in [1.807, 2.05) is 0 Å². The van der Waals surface area contributed by atoms with Crippen molar-refractivity contribution in [3.8, 4) is 0 Å². The predicted octanol–water partition coefficient (Wildman–Crippen LogP) is 0.937. The van der Waals surface area contributed by atoms with Crippen molar-refractivity contribution in [2.45, 2.75) is 6.61 Å². The molecule has 0 aromatic heterocycles. The van der Waals surface area contributed by atoms with E-state index in [9.17, 15) is 14.4 Å². The van der Waals surface area contributed by atoms with Gasteiger partial charge in [0.15, 0.2) is 0 Å². The highest BCUT2D eigenvalue weighted by atomic mass is 32.1. The fourth-order valence-corrected chi connectivity index (χ4v) is 1.23. The van der Waals surface area contributed by atoms with Gasteiger partial charge in [0.2, 0.25) is 12.3 Å². The van der Waals surface area contributed by atoms with Crippen LogP contribution >= 0.6 is 12.6 Å². The summed E-state index contributed by atoms with van der Waals surface area (Å²) in [6.07, 6.45) is 0.453. The van der Waals surface area contributed by atoms with Crippen molar-refractivity contribution in [2.75, 3.05) is 11.9 Å². The van der Waals surface area contributed by atoms with Gasteiger partial charge in [0, 0.05) is 5.69 Å². The number of hydrogen-bond donors (Lipinski definition) is 3. The third-order valence-electron chi connectivity index (χ3n) is 1.95. The molecule has 7 heteroatoms. The second kappa shape index (κ2) is 7.33. The van der Waals surface area contributed by atoms with Crippen LogP contribution in [-0.4, -0.2) is 24.2 Å². The summed E-state index contributed by atoms with van der Waals surface area (Å²) in [5.74, 6) is -0.323. The maximum atomic E-state index is 11.3. The number of hydrogen-bond acceptors (Lipinski definition) is 4. The van der Waals surface area contributed by atoms with E-state index in [-0.39, 0.29) is 19.1 Å². The molecule has 0 unspecified atom stereocenters. The van der Waals surface area contributed by atoms with Crippen LogP contribution in [0.1, 0.15) is 5.56 Å². The first-order chi connectivity index (χ1) is 8.61. The second-order valence-electron chi connectivity index (χ2n) is 3.30. The normalized spacial score (nSPS) is 9.39. The molecule has 18 heavy (non-hydrogen) atoms. The van der Waals surface area contributed by atoms with Gasteiger partial charge in [-0.15, -0.1) is 0 Å². The standard InChI is InChI=1S/C11H12N2O4S/c14-7-12-5-10(15)13-9-3-1-8(2-4-9)6-17-11(16)18/h1-4,7H,5-6H2,(H,12,14)(H,13,15)(H,16,18). The SMILES string of the molecule is O=CNCC(=O)Nc1ccc(COC(=O)S)cc1. The highest BCUT2D eigenvalue weighted by molar-refractivity contribution is 7.96. The van der Waals surface area contributed by atoms with E-state index in [0.717, 1.165) is 5.56 Å². The molecule has 2 N–H and O–H groups in total. The summed E-state index contributed by atoms with van der Waals surface area (Å²) in [5.41, 5.74) is 1.37. The van der Waals surface area contributed by atoms with E-state index in [2.05, 4.69) is 23.3 Å². The number of carbonyl (C=O) groups excluding carboxylic acids is 3. The Morgan fingerprint density at radius 2 is 1.94 bits per heavy atom. The minimum atomic E-state index is -0.646. The molecule has 0 saturated carbocycles. The van der Waals surface area contributed by atoms with E-state index in [4.69, 9.17) is 4.74 Å². The van der Waals surface area contributed by atoms with Crippen molar-refractivity contribution in [3.05, 3.63) is 29.8 Å². The Kier molecular flexibility index (Phi) is 5.72. The van der Waals surface area contributed by atoms with Crippen molar-refractivity contribution in [1.29, 1.82) is 0 Å². The maximum absolute atomic E-state index is 11.3. The van der Waals surface area contributed by atoms with Gasteiger partial charge in [-0.1, -0.05) is 24.8 Å². The van der Waals surface area contributed by atoms with Crippen LogP contribution in [0.2, 0.25) is 0 Å². The van der Waals surface area contributed by atoms with Crippen LogP contribution in [0, 0.1) is 0 Å². The molecule has 0 atom stereocenters. The van der Waals surface area contributed by atoms with Gasteiger partial charge < -0.3 is 15.4 Å². The molecular formula is C11H12N2O4S. The van der Waals surface area contributed by atoms with Gasteiger partial charge >= 0.3 is 5.30 Å². The number of benzene rings is 1. The first-order valence-corrected chi connectivity index (χ1v) is 5.48. The van der Waals surface area contributed by atoms with Gasteiger partial charge in [-0.05, 0) is 17.7 Å². The van der Waals surface area contributed by atoms with E-state index in [0.29, 0.717) is 12.1 Å². The molecule has 0 radical (unpaired) electrons. The zero-order valence-electron chi connectivity index (χ0n) is 9.38. The minimum absolute atomic E-state index is 0.0808. The molecular weight excluding hydrogens is 256 g/mol. The third kappa shape index (κ3) is 5.35. The van der Waals surface area contributed by atoms with Crippen molar-refractivity contribution in [3.63, 3.8) is 0 Å². The fourth-order valence-electron chi connectivity index (χ4n) is 1.17. The van der Waals surface area contributed by atoms with Gasteiger partial charge in [-0.2, -0.15) is 0 Å². The largest absolute Gasteiger partial charge is 0.453 e. The van der Waals surface area contributed by atoms with Gasteiger partial charge in [0.05, 0.1) is 6.54 Å². The lowest BCUT2D eigenvalue weighted by atomic mass is 10.2. The van der Waals surface area contributed by atoms with E-state index in [1.165, 1.54) is 0 Å². The van der Waals surface area contributed by atoms with Gasteiger partial charge in [-0.3, -0.25) is 9.59 Å². The quantitative estimate of drug-likeness (QED) is 0.407. The Balaban J connectivity index is 2.46. The molecule has 6 nitrogen and oxygen atoms in total. The van der Waals surface area contributed by atoms with Crippen molar-refractivity contribution in [2.24, 2.45) is 0 Å². The summed E-state index contributed by atoms with van der Waals surface area (Å²) < 4.78 is 4.69. The summed E-state index contributed by atoms with van der Waals surface area (Å²) in [4.78, 5) is 31.7. The van der Waals surface area contributed by atoms with Crippen LogP contribution in [0.15, 0.2) is 24.3 Å². The molecule has 0 saturated heterocycles. The average Bonchev–Trinajstić information content (AvgIpc) is 2.35. The Bertz CT molecular complexity index is 433. The van der Waals surface area contributed by atoms with Crippen LogP contribution in [0.25, 0.3) is 0 Å². The Hall–Kier alpha value is -2.02. The lowest BCUT2D eigenvalue weighted by molar-refractivity contribution is -0.118. The number of rotatable bonds is 6. The Labute approximate surface area is 109 Å². The van der Waals surface area contributed by atoms with Gasteiger partial charge in [0.1, 0.15) is 6.61 Å². The number of nitrogens with one attached hydrogen (secondary N) is 2. The van der Waals surface area contributed by atoms with Crippen molar-refractivity contribution in [1.82, 2.24) is 5.32 Å². The summed E-state index contributed by atoms with van der Waals surface area (Å²) in [6.45, 7) is 0.0474. The lowest BCUT2D eigenvalue weighted by Crippen LogP contribution is -2.26. The number of amides is 2. The second-order valence-corrected chi connectivity index (χ2v) is 3.66. The van der Waals surface area contributed by atoms with Crippen LogP contribution in [0.5, 0.6) is 0 Å². The van der Waals surface area contributed by atoms with E-state index >= 15 is 0 Å². The number of ether oxygens (including phenoxy) is 1. The first kappa shape index (κ1) is 14.0. The van der Waals surface area contributed by atoms with Crippen molar-refractivity contribution >= 4 is 35.9 Å². The highest BCUT2D eigenvalue weighted by Gasteiger charge is 2.02. The summed E-state index contributed by atoms with van der Waals surface area (Å²) in [7, 11) is 0. The number of thiol groups is 1. The first-order valence-electron chi connectivity index (χ1n) is 5.03. The third-order valence-corrected chi connectivity index (χ3v) is 2.08. The zero-order chi connectivity index (χ0) is 13.4. The zero-order valence-corrected chi connectivity index (χ0v) is 10.3. The molecule has 1 aromatic rings. The molecule has 0 aliphatic carbocycles. The molecule has 0 aliphatic rings. The van der Waals surface area contributed by atoms with Crippen LogP contribution in [0.4, 0.5) is 10.5 Å². The predicted molar refractivity (Wildman–Crippen MR) is 68.3 cm³/mol. The number of anilines is 1. The van der Waals surface area contributed by atoms with E-state index < -0.39 is 5.30 Å². The highest BCUT2D eigenvalue weighted by Crippen LogP contribution is 2.10. The maximum Gasteiger partial charge on any atom is 0.364 e. The van der Waals surface area contributed by atoms with Gasteiger partial charge in [0.25, 0.3) is 0 Å². The average molecular weight is 268 g/mol. The lowest BCUT2D eigenvalue weighted by Gasteiger charge is -2.06. The molecule has 0 spiro atoms. The summed E-state index contributed by atoms with van der Waals surface area (Å²) in [5, 5.41) is 4.19. The molecule has 0 bridgehead atoms. The molecule has 0 fully saturated rings. The molecule has 0 aliphatic heterocycles. The minimum Gasteiger partial charge on any atom is -0.453 e. The monoisotopic (exact) mass is 268 g/mol. The molecule has 1 rings (SSSR count). The van der Waals surface area contributed by atoms with Gasteiger partial charge in [-0.25, -0.2) is 4.79 Å².